The SMILES string of the molecule is CCNc1snnc1OCN. The first-order valence-electron chi connectivity index (χ1n) is 3.27. The first-order chi connectivity index (χ1) is 5.38. The monoisotopic (exact) mass is 174 g/mol. The van der Waals surface area contributed by atoms with Gasteiger partial charge in [0.25, 0.3) is 5.88 Å². The van der Waals surface area contributed by atoms with Crippen LogP contribution >= 0.6 is 11.5 Å². The standard InChI is InChI=1S/C5H10N4OS/c1-2-7-5-4(10-3-6)8-9-11-5/h7H,2-3,6H2,1H3. The minimum Gasteiger partial charge on any atom is -0.459 e. The van der Waals surface area contributed by atoms with E-state index in [-0.39, 0.29) is 6.73 Å². The van der Waals surface area contributed by atoms with Gasteiger partial charge in [0.15, 0.2) is 5.00 Å². The molecular weight excluding hydrogens is 164 g/mol. The minimum absolute atomic E-state index is 0.129. The molecule has 0 aliphatic heterocycles. The number of nitrogens with one attached hydrogen (secondary N) is 1. The molecule has 1 heterocycles. The van der Waals surface area contributed by atoms with Gasteiger partial charge in [0, 0.05) is 18.1 Å². The van der Waals surface area contributed by atoms with Gasteiger partial charge in [-0.15, -0.1) is 0 Å². The number of hydrogen-bond donors (Lipinski definition) is 2. The Balaban J connectivity index is 2.62. The van der Waals surface area contributed by atoms with Crippen LogP contribution in [0.2, 0.25) is 0 Å². The maximum atomic E-state index is 5.17. The van der Waals surface area contributed by atoms with E-state index in [2.05, 4.69) is 14.9 Å². The molecule has 0 atom stereocenters. The second-order valence-electron chi connectivity index (χ2n) is 1.75. The van der Waals surface area contributed by atoms with Gasteiger partial charge in [-0.3, -0.25) is 5.73 Å². The van der Waals surface area contributed by atoms with Crippen LogP contribution in [0.1, 0.15) is 6.92 Å². The number of hydrogen-bond acceptors (Lipinski definition) is 6. The van der Waals surface area contributed by atoms with Gasteiger partial charge in [0.2, 0.25) is 0 Å². The molecule has 0 unspecified atom stereocenters. The summed E-state index contributed by atoms with van der Waals surface area (Å²) in [7, 11) is 0. The fourth-order valence-corrected chi connectivity index (χ4v) is 1.21. The van der Waals surface area contributed by atoms with Crippen molar-refractivity contribution in [3.8, 4) is 5.88 Å². The van der Waals surface area contributed by atoms with Crippen LogP contribution < -0.4 is 15.8 Å². The lowest BCUT2D eigenvalue weighted by atomic mass is 10.7. The number of aromatic nitrogens is 2. The Labute approximate surface area is 68.7 Å². The van der Waals surface area contributed by atoms with E-state index in [9.17, 15) is 0 Å². The second-order valence-corrected chi connectivity index (χ2v) is 2.50. The molecule has 0 aliphatic carbocycles. The fourth-order valence-electron chi connectivity index (χ4n) is 0.625. The highest BCUT2D eigenvalue weighted by molar-refractivity contribution is 7.10. The molecule has 0 aromatic carbocycles. The Hall–Kier alpha value is -0.880. The molecule has 1 aromatic rings. The van der Waals surface area contributed by atoms with Crippen molar-refractivity contribution in [2.24, 2.45) is 5.73 Å². The quantitative estimate of drug-likeness (QED) is 0.641. The molecule has 0 bridgehead atoms. The van der Waals surface area contributed by atoms with Crippen LogP contribution in [0.3, 0.4) is 0 Å². The molecule has 5 nitrogen and oxygen atoms in total. The molecule has 0 aliphatic rings. The van der Waals surface area contributed by atoms with Crippen molar-refractivity contribution in [1.82, 2.24) is 9.59 Å². The van der Waals surface area contributed by atoms with Crippen LogP contribution in [-0.4, -0.2) is 22.9 Å². The normalized spacial score (nSPS) is 9.64. The highest BCUT2D eigenvalue weighted by atomic mass is 32.1. The van der Waals surface area contributed by atoms with Crippen molar-refractivity contribution in [2.45, 2.75) is 6.92 Å². The number of anilines is 1. The van der Waals surface area contributed by atoms with E-state index in [4.69, 9.17) is 10.5 Å². The Morgan fingerprint density at radius 1 is 1.73 bits per heavy atom. The highest BCUT2D eigenvalue weighted by Crippen LogP contribution is 2.24. The maximum Gasteiger partial charge on any atom is 0.271 e. The van der Waals surface area contributed by atoms with Crippen molar-refractivity contribution >= 4 is 16.5 Å². The molecule has 0 saturated heterocycles. The van der Waals surface area contributed by atoms with Gasteiger partial charge < -0.3 is 10.1 Å². The lowest BCUT2D eigenvalue weighted by molar-refractivity contribution is 0.317. The molecule has 11 heavy (non-hydrogen) atoms. The molecule has 0 radical (unpaired) electrons. The smallest absolute Gasteiger partial charge is 0.271 e. The molecule has 0 spiro atoms. The molecule has 1 rings (SSSR count). The highest BCUT2D eigenvalue weighted by Gasteiger charge is 2.05. The van der Waals surface area contributed by atoms with Gasteiger partial charge in [0.1, 0.15) is 6.73 Å². The minimum atomic E-state index is 0.129. The predicted molar refractivity (Wildman–Crippen MR) is 43.8 cm³/mol. The number of rotatable bonds is 4. The van der Waals surface area contributed by atoms with E-state index in [1.807, 2.05) is 6.92 Å². The predicted octanol–water partition coefficient (Wildman–Crippen LogP) is 0.265. The Morgan fingerprint density at radius 3 is 3.18 bits per heavy atom. The second kappa shape index (κ2) is 4.09. The van der Waals surface area contributed by atoms with Gasteiger partial charge in [-0.2, -0.15) is 0 Å². The summed E-state index contributed by atoms with van der Waals surface area (Å²) in [4.78, 5) is 0. The van der Waals surface area contributed by atoms with Gasteiger partial charge in [-0.05, 0) is 6.92 Å². The van der Waals surface area contributed by atoms with Crippen LogP contribution in [0.5, 0.6) is 5.88 Å². The maximum absolute atomic E-state index is 5.17. The van der Waals surface area contributed by atoms with Gasteiger partial charge in [-0.1, -0.05) is 9.59 Å². The zero-order chi connectivity index (χ0) is 8.10. The van der Waals surface area contributed by atoms with Crippen molar-refractivity contribution < 1.29 is 4.74 Å². The third kappa shape index (κ3) is 2.02. The zero-order valence-electron chi connectivity index (χ0n) is 6.20. The largest absolute Gasteiger partial charge is 0.459 e. The molecule has 3 N–H and O–H groups in total. The average Bonchev–Trinajstić information content (AvgIpc) is 2.39. The van der Waals surface area contributed by atoms with E-state index in [1.54, 1.807) is 0 Å². The lowest BCUT2D eigenvalue weighted by Crippen LogP contribution is -2.09. The molecule has 1 aromatic heterocycles. The summed E-state index contributed by atoms with van der Waals surface area (Å²) in [6.45, 7) is 2.94. The van der Waals surface area contributed by atoms with Crippen molar-refractivity contribution in [1.29, 1.82) is 0 Å². The van der Waals surface area contributed by atoms with Crippen LogP contribution in [0, 0.1) is 0 Å². The van der Waals surface area contributed by atoms with E-state index >= 15 is 0 Å². The molecule has 6 heteroatoms. The van der Waals surface area contributed by atoms with E-state index in [0.717, 1.165) is 11.5 Å². The zero-order valence-corrected chi connectivity index (χ0v) is 7.02. The van der Waals surface area contributed by atoms with Gasteiger partial charge in [0.05, 0.1) is 0 Å². The molecule has 0 fully saturated rings. The lowest BCUT2D eigenvalue weighted by Gasteiger charge is -2.00. The summed E-state index contributed by atoms with van der Waals surface area (Å²) >= 11 is 1.26. The van der Waals surface area contributed by atoms with E-state index in [1.165, 1.54) is 11.5 Å². The third-order valence-electron chi connectivity index (χ3n) is 1.02. The van der Waals surface area contributed by atoms with Crippen LogP contribution in [0.15, 0.2) is 0 Å². The fraction of sp³-hybridized carbons (Fsp3) is 0.600. The van der Waals surface area contributed by atoms with Crippen molar-refractivity contribution in [3.63, 3.8) is 0 Å². The Morgan fingerprint density at radius 2 is 2.55 bits per heavy atom. The van der Waals surface area contributed by atoms with Crippen LogP contribution in [0.25, 0.3) is 0 Å². The summed E-state index contributed by atoms with van der Waals surface area (Å²) in [6, 6.07) is 0. The van der Waals surface area contributed by atoms with Crippen LogP contribution in [-0.2, 0) is 0 Å². The summed E-state index contributed by atoms with van der Waals surface area (Å²) in [5, 5.41) is 7.61. The first kappa shape index (κ1) is 8.22. The van der Waals surface area contributed by atoms with Crippen molar-refractivity contribution in [2.75, 3.05) is 18.6 Å². The first-order valence-corrected chi connectivity index (χ1v) is 4.05. The summed E-state index contributed by atoms with van der Waals surface area (Å²) < 4.78 is 8.69. The summed E-state index contributed by atoms with van der Waals surface area (Å²) in [6.07, 6.45) is 0. The third-order valence-corrected chi connectivity index (χ3v) is 1.68. The number of nitrogens with two attached hydrogens (primary N) is 1. The number of ether oxygens (including phenoxy) is 1. The molecule has 0 amide bonds. The summed E-state index contributed by atoms with van der Waals surface area (Å²) in [5.41, 5.74) is 5.17. The number of nitrogens with zero attached hydrogens (tertiary/aromatic N) is 2. The van der Waals surface area contributed by atoms with Crippen LogP contribution in [0.4, 0.5) is 5.00 Å². The van der Waals surface area contributed by atoms with E-state index in [0.29, 0.717) is 5.88 Å². The van der Waals surface area contributed by atoms with Crippen molar-refractivity contribution in [3.05, 3.63) is 0 Å². The summed E-state index contributed by atoms with van der Waals surface area (Å²) in [5.74, 6) is 0.486. The molecule has 62 valence electrons. The Bertz CT molecular complexity index is 194. The van der Waals surface area contributed by atoms with Gasteiger partial charge in [-0.25, -0.2) is 0 Å². The topological polar surface area (TPSA) is 73.1 Å². The average molecular weight is 174 g/mol. The Kier molecular flexibility index (Phi) is 3.06. The molecule has 0 saturated carbocycles. The van der Waals surface area contributed by atoms with Gasteiger partial charge >= 0.3 is 0 Å². The van der Waals surface area contributed by atoms with E-state index < -0.39 is 0 Å². The molecular formula is C5H10N4OS.